The zero-order valence-corrected chi connectivity index (χ0v) is 12.4. The van der Waals surface area contributed by atoms with Gasteiger partial charge in [0.2, 0.25) is 0 Å². The minimum atomic E-state index is 0.191. The molecular formula is C13H22N2S2. The number of hydrogen-bond donors (Lipinski definition) is 1. The van der Waals surface area contributed by atoms with Crippen LogP contribution in [0.15, 0.2) is 17.5 Å². The van der Waals surface area contributed by atoms with Crippen molar-refractivity contribution in [1.82, 2.24) is 4.90 Å². The van der Waals surface area contributed by atoms with Crippen LogP contribution in [0.2, 0.25) is 0 Å². The molecule has 1 aromatic rings. The standard InChI is InChI=1S/C13H22N2S2/c1-9-7-15(8-10(2)17-9)13(11(3)14)12-5-4-6-16-12/h4-6,9-11,13H,7-8,14H2,1-3H3. The molecule has 0 aromatic carbocycles. The van der Waals surface area contributed by atoms with Crippen molar-refractivity contribution in [1.29, 1.82) is 0 Å². The third kappa shape index (κ3) is 3.25. The molecule has 1 aliphatic rings. The van der Waals surface area contributed by atoms with Crippen LogP contribution in [0.3, 0.4) is 0 Å². The average molecular weight is 270 g/mol. The molecule has 4 atom stereocenters. The van der Waals surface area contributed by atoms with Gasteiger partial charge < -0.3 is 5.73 Å². The third-order valence-electron chi connectivity index (χ3n) is 3.17. The second-order valence-corrected chi connectivity index (χ2v) is 7.89. The van der Waals surface area contributed by atoms with Gasteiger partial charge >= 0.3 is 0 Å². The molecule has 4 heteroatoms. The van der Waals surface area contributed by atoms with Gasteiger partial charge in [0, 0.05) is 34.5 Å². The van der Waals surface area contributed by atoms with Gasteiger partial charge in [-0.1, -0.05) is 19.9 Å². The van der Waals surface area contributed by atoms with Crippen LogP contribution in [-0.2, 0) is 0 Å². The number of rotatable bonds is 3. The molecule has 0 saturated carbocycles. The summed E-state index contributed by atoms with van der Waals surface area (Å²) in [6, 6.07) is 4.92. The molecule has 1 fully saturated rings. The van der Waals surface area contributed by atoms with E-state index < -0.39 is 0 Å². The molecule has 2 N–H and O–H groups in total. The third-order valence-corrected chi connectivity index (χ3v) is 5.34. The Labute approximate surface area is 113 Å². The van der Waals surface area contributed by atoms with Crippen LogP contribution in [0, 0.1) is 0 Å². The lowest BCUT2D eigenvalue weighted by Gasteiger charge is -2.41. The van der Waals surface area contributed by atoms with Gasteiger partial charge in [-0.3, -0.25) is 4.90 Å². The van der Waals surface area contributed by atoms with E-state index in [4.69, 9.17) is 5.73 Å². The highest BCUT2D eigenvalue weighted by Crippen LogP contribution is 2.33. The van der Waals surface area contributed by atoms with Crippen molar-refractivity contribution in [2.75, 3.05) is 13.1 Å². The fourth-order valence-electron chi connectivity index (χ4n) is 2.68. The van der Waals surface area contributed by atoms with Crippen molar-refractivity contribution in [3.05, 3.63) is 22.4 Å². The summed E-state index contributed by atoms with van der Waals surface area (Å²) in [5.41, 5.74) is 6.21. The van der Waals surface area contributed by atoms with Crippen molar-refractivity contribution in [2.24, 2.45) is 5.73 Å². The van der Waals surface area contributed by atoms with Gasteiger partial charge in [0.1, 0.15) is 0 Å². The zero-order chi connectivity index (χ0) is 12.4. The Kier molecular flexibility index (Phi) is 4.53. The lowest BCUT2D eigenvalue weighted by Crippen LogP contribution is -2.47. The molecule has 0 spiro atoms. The van der Waals surface area contributed by atoms with Crippen LogP contribution in [0.25, 0.3) is 0 Å². The Morgan fingerprint density at radius 1 is 1.35 bits per heavy atom. The predicted octanol–water partition coefficient (Wildman–Crippen LogP) is 2.96. The topological polar surface area (TPSA) is 29.3 Å². The first kappa shape index (κ1) is 13.4. The molecular weight excluding hydrogens is 248 g/mol. The summed E-state index contributed by atoms with van der Waals surface area (Å²) in [4.78, 5) is 3.98. The highest BCUT2D eigenvalue weighted by molar-refractivity contribution is 8.00. The van der Waals surface area contributed by atoms with E-state index in [1.54, 1.807) is 0 Å². The van der Waals surface area contributed by atoms with Crippen molar-refractivity contribution < 1.29 is 0 Å². The van der Waals surface area contributed by atoms with E-state index in [2.05, 4.69) is 54.9 Å². The van der Waals surface area contributed by atoms with E-state index in [1.165, 1.54) is 4.88 Å². The number of thiophene rings is 1. The molecule has 1 aromatic heterocycles. The van der Waals surface area contributed by atoms with E-state index in [0.717, 1.165) is 13.1 Å². The molecule has 2 rings (SSSR count). The maximum Gasteiger partial charge on any atom is 0.0591 e. The lowest BCUT2D eigenvalue weighted by molar-refractivity contribution is 0.177. The Morgan fingerprint density at radius 3 is 2.47 bits per heavy atom. The summed E-state index contributed by atoms with van der Waals surface area (Å²) >= 11 is 3.92. The van der Waals surface area contributed by atoms with Gasteiger partial charge in [-0.25, -0.2) is 0 Å². The molecule has 4 unspecified atom stereocenters. The molecule has 96 valence electrons. The van der Waals surface area contributed by atoms with Crippen molar-refractivity contribution in [3.8, 4) is 0 Å². The normalized spacial score (nSPS) is 30.1. The van der Waals surface area contributed by atoms with E-state index in [9.17, 15) is 0 Å². The second kappa shape index (κ2) is 5.74. The monoisotopic (exact) mass is 270 g/mol. The molecule has 1 saturated heterocycles. The zero-order valence-electron chi connectivity index (χ0n) is 10.8. The minimum Gasteiger partial charge on any atom is -0.326 e. The van der Waals surface area contributed by atoms with Crippen LogP contribution in [0.5, 0.6) is 0 Å². The van der Waals surface area contributed by atoms with Gasteiger partial charge in [0.15, 0.2) is 0 Å². The molecule has 1 aliphatic heterocycles. The smallest absolute Gasteiger partial charge is 0.0591 e. The Balaban J connectivity index is 2.16. The molecule has 2 heterocycles. The summed E-state index contributed by atoms with van der Waals surface area (Å²) in [6.45, 7) is 9.07. The van der Waals surface area contributed by atoms with Gasteiger partial charge in [-0.15, -0.1) is 11.3 Å². The number of nitrogens with two attached hydrogens (primary N) is 1. The summed E-state index contributed by atoms with van der Waals surface area (Å²) in [6.07, 6.45) is 0. The number of hydrogen-bond acceptors (Lipinski definition) is 4. The van der Waals surface area contributed by atoms with E-state index >= 15 is 0 Å². The van der Waals surface area contributed by atoms with E-state index in [1.807, 2.05) is 11.3 Å². The van der Waals surface area contributed by atoms with Crippen LogP contribution < -0.4 is 5.73 Å². The molecule has 0 amide bonds. The maximum atomic E-state index is 6.21. The molecule has 0 bridgehead atoms. The predicted molar refractivity (Wildman–Crippen MR) is 78.8 cm³/mol. The first-order chi connectivity index (χ1) is 8.08. The van der Waals surface area contributed by atoms with Crippen LogP contribution in [-0.4, -0.2) is 34.5 Å². The molecule has 0 radical (unpaired) electrons. The lowest BCUT2D eigenvalue weighted by atomic mass is 10.1. The Morgan fingerprint density at radius 2 is 2.00 bits per heavy atom. The molecule has 2 nitrogen and oxygen atoms in total. The second-order valence-electron chi connectivity index (χ2n) is 5.03. The van der Waals surface area contributed by atoms with Gasteiger partial charge in [0.25, 0.3) is 0 Å². The van der Waals surface area contributed by atoms with Gasteiger partial charge in [-0.2, -0.15) is 11.8 Å². The van der Waals surface area contributed by atoms with Crippen LogP contribution in [0.4, 0.5) is 0 Å². The van der Waals surface area contributed by atoms with Crippen LogP contribution >= 0.6 is 23.1 Å². The van der Waals surface area contributed by atoms with Crippen molar-refractivity contribution >= 4 is 23.1 Å². The van der Waals surface area contributed by atoms with E-state index in [-0.39, 0.29) is 6.04 Å². The molecule has 0 aliphatic carbocycles. The highest BCUT2D eigenvalue weighted by atomic mass is 32.2. The highest BCUT2D eigenvalue weighted by Gasteiger charge is 2.31. The van der Waals surface area contributed by atoms with Gasteiger partial charge in [0.05, 0.1) is 6.04 Å². The summed E-state index contributed by atoms with van der Waals surface area (Å²) < 4.78 is 0. The fourth-order valence-corrected chi connectivity index (χ4v) is 5.00. The van der Waals surface area contributed by atoms with Crippen molar-refractivity contribution in [3.63, 3.8) is 0 Å². The molecule has 17 heavy (non-hydrogen) atoms. The summed E-state index contributed by atoms with van der Waals surface area (Å²) in [5, 5.41) is 3.57. The van der Waals surface area contributed by atoms with E-state index in [0.29, 0.717) is 16.5 Å². The quantitative estimate of drug-likeness (QED) is 0.915. The maximum absolute atomic E-state index is 6.21. The fraction of sp³-hybridized carbons (Fsp3) is 0.692. The minimum absolute atomic E-state index is 0.191. The van der Waals surface area contributed by atoms with Crippen molar-refractivity contribution in [2.45, 2.75) is 43.4 Å². The summed E-state index contributed by atoms with van der Waals surface area (Å²) in [5.74, 6) is 0. The number of nitrogens with zero attached hydrogens (tertiary/aromatic N) is 1. The van der Waals surface area contributed by atoms with Crippen LogP contribution in [0.1, 0.15) is 31.7 Å². The van der Waals surface area contributed by atoms with Gasteiger partial charge in [-0.05, 0) is 18.4 Å². The first-order valence-electron chi connectivity index (χ1n) is 6.26. The average Bonchev–Trinajstić information content (AvgIpc) is 2.68. The SMILES string of the molecule is CC1CN(C(c2cccs2)C(C)N)CC(C)S1. The Hall–Kier alpha value is -0.0300. The first-order valence-corrected chi connectivity index (χ1v) is 8.08. The largest absolute Gasteiger partial charge is 0.326 e. The number of thioether (sulfide) groups is 1. The summed E-state index contributed by atoms with van der Waals surface area (Å²) in [7, 11) is 0. The Bertz CT molecular complexity index is 327.